The first-order valence-corrected chi connectivity index (χ1v) is 21.9. The van der Waals surface area contributed by atoms with Crippen LogP contribution in [0.5, 0.6) is 0 Å². The van der Waals surface area contributed by atoms with Crippen molar-refractivity contribution in [2.45, 2.75) is 174 Å². The van der Waals surface area contributed by atoms with Gasteiger partial charge in [-0.05, 0) is 121 Å². The summed E-state index contributed by atoms with van der Waals surface area (Å²) in [4.78, 5) is 0. The van der Waals surface area contributed by atoms with Crippen LogP contribution in [0.25, 0.3) is 0 Å². The number of benzene rings is 4. The summed E-state index contributed by atoms with van der Waals surface area (Å²) in [5, 5.41) is 0. The number of nitrogen functional groups attached to an aromatic ring is 2. The van der Waals surface area contributed by atoms with E-state index in [4.69, 9.17) is 11.5 Å². The third kappa shape index (κ3) is 17.0. The predicted octanol–water partition coefficient (Wildman–Crippen LogP) is 14.4. The van der Waals surface area contributed by atoms with Gasteiger partial charge < -0.3 is 11.5 Å². The average Bonchev–Trinajstić information content (AvgIpc) is 3.17. The zero-order chi connectivity index (χ0) is 37.4. The van der Waals surface area contributed by atoms with E-state index in [1.54, 1.807) is 0 Å². The van der Waals surface area contributed by atoms with Gasteiger partial charge in [0.15, 0.2) is 0 Å². The highest BCUT2D eigenvalue weighted by Gasteiger charge is 2.06. The molecule has 0 unspecified atom stereocenters. The molecule has 0 spiro atoms. The van der Waals surface area contributed by atoms with Crippen molar-refractivity contribution >= 4 is 11.4 Å². The van der Waals surface area contributed by atoms with Crippen molar-refractivity contribution in [3.05, 3.63) is 129 Å². The molecule has 0 saturated carbocycles. The molecule has 0 heterocycles. The van der Waals surface area contributed by atoms with E-state index >= 15 is 0 Å². The van der Waals surface area contributed by atoms with Gasteiger partial charge in [-0.1, -0.05) is 183 Å². The molecular weight excluding hydrogens is 641 g/mol. The molecule has 0 atom stereocenters. The van der Waals surface area contributed by atoms with Crippen molar-refractivity contribution in [1.29, 1.82) is 0 Å². The molecule has 0 fully saturated rings. The molecule has 0 aromatic heterocycles. The van der Waals surface area contributed by atoms with Crippen LogP contribution in [0, 0.1) is 0 Å². The Labute approximate surface area is 325 Å². The molecule has 288 valence electrons. The fraction of sp³-hybridized carbons (Fsp3) is 0.529. The zero-order valence-electron chi connectivity index (χ0n) is 33.9. The molecule has 0 aliphatic heterocycles. The van der Waals surface area contributed by atoms with E-state index in [2.05, 4.69) is 98.8 Å². The Morgan fingerprint density at radius 3 is 0.925 bits per heavy atom. The minimum Gasteiger partial charge on any atom is -0.399 e. The zero-order valence-corrected chi connectivity index (χ0v) is 33.9. The highest BCUT2D eigenvalue weighted by atomic mass is 14.6. The minimum absolute atomic E-state index is 0.948. The van der Waals surface area contributed by atoms with Gasteiger partial charge in [-0.3, -0.25) is 0 Å². The van der Waals surface area contributed by atoms with Gasteiger partial charge in [0, 0.05) is 11.4 Å². The van der Waals surface area contributed by atoms with Crippen LogP contribution in [0.15, 0.2) is 84.9 Å². The van der Waals surface area contributed by atoms with E-state index in [-0.39, 0.29) is 0 Å². The molecule has 0 aliphatic carbocycles. The van der Waals surface area contributed by atoms with Gasteiger partial charge in [0.25, 0.3) is 0 Å². The Bertz CT molecular complexity index is 1420. The first-order chi connectivity index (χ1) is 26.0. The van der Waals surface area contributed by atoms with Gasteiger partial charge in [-0.2, -0.15) is 0 Å². The molecule has 4 aromatic carbocycles. The Kier molecular flexibility index (Phi) is 20.3. The molecule has 0 bridgehead atoms. The second-order valence-corrected chi connectivity index (χ2v) is 16.1. The summed E-state index contributed by atoms with van der Waals surface area (Å²) in [6, 6.07) is 32.0. The molecule has 4 aromatic rings. The lowest BCUT2D eigenvalue weighted by atomic mass is 9.97. The lowest BCUT2D eigenvalue weighted by molar-refractivity contribution is 0.536. The highest BCUT2D eigenvalue weighted by molar-refractivity contribution is 5.50. The topological polar surface area (TPSA) is 52.0 Å². The van der Waals surface area contributed by atoms with Gasteiger partial charge in [0.1, 0.15) is 0 Å². The summed E-state index contributed by atoms with van der Waals surface area (Å²) in [6.45, 7) is 4.51. The van der Waals surface area contributed by atoms with Crippen molar-refractivity contribution < 1.29 is 0 Å². The number of nitrogens with two attached hydrogens (primary N) is 2. The number of hydrogen-bond donors (Lipinski definition) is 2. The van der Waals surface area contributed by atoms with Crippen molar-refractivity contribution in [3.63, 3.8) is 0 Å². The average molecular weight is 715 g/mol. The first-order valence-electron chi connectivity index (χ1n) is 21.9. The molecule has 0 aliphatic rings. The van der Waals surface area contributed by atoms with Crippen LogP contribution in [0.3, 0.4) is 0 Å². The van der Waals surface area contributed by atoms with Crippen LogP contribution < -0.4 is 11.5 Å². The van der Waals surface area contributed by atoms with Crippen LogP contribution in [-0.2, 0) is 38.5 Å². The second kappa shape index (κ2) is 25.5. The Balaban J connectivity index is 0.948. The van der Waals surface area contributed by atoms with E-state index in [0.29, 0.717) is 0 Å². The van der Waals surface area contributed by atoms with Crippen LogP contribution in [-0.4, -0.2) is 0 Å². The molecule has 2 nitrogen and oxygen atoms in total. The van der Waals surface area contributed by atoms with E-state index in [0.717, 1.165) is 37.1 Å². The van der Waals surface area contributed by atoms with Crippen LogP contribution >= 0.6 is 0 Å². The predicted molar refractivity (Wildman–Crippen MR) is 234 cm³/mol. The smallest absolute Gasteiger partial charge is 0.0346 e. The van der Waals surface area contributed by atoms with Gasteiger partial charge in [-0.15, -0.1) is 0 Å². The maximum Gasteiger partial charge on any atom is 0.0346 e. The molecular formula is C51H74N2. The van der Waals surface area contributed by atoms with Gasteiger partial charge in [0.2, 0.25) is 0 Å². The van der Waals surface area contributed by atoms with E-state index in [1.165, 1.54) is 179 Å². The summed E-state index contributed by atoms with van der Waals surface area (Å²) < 4.78 is 0. The lowest BCUT2D eigenvalue weighted by Gasteiger charge is -2.10. The molecule has 0 amide bonds. The fourth-order valence-corrected chi connectivity index (χ4v) is 7.82. The van der Waals surface area contributed by atoms with E-state index in [1.807, 2.05) is 0 Å². The summed E-state index contributed by atoms with van der Waals surface area (Å²) in [6.07, 6.45) is 32.1. The quantitative estimate of drug-likeness (QED) is 0.0454. The second-order valence-electron chi connectivity index (χ2n) is 16.1. The largest absolute Gasteiger partial charge is 0.399 e. The Hall–Kier alpha value is -3.52. The monoisotopic (exact) mass is 715 g/mol. The number of rotatable bonds is 28. The standard InChI is InChI=1S/C51H74N2/c1-3-5-18-24-48-40-46(34-36-50(48)52)38-44-30-26-42(27-31-44)22-20-16-14-12-10-8-7-9-11-13-15-17-21-23-43-28-32-45(33-29-43)39-47-35-37-51(53)49(41-47)25-19-6-4-2/h26-37,40-41H,3-25,38-39,52-53H2,1-2H3. The van der Waals surface area contributed by atoms with Gasteiger partial charge in [-0.25, -0.2) is 0 Å². The van der Waals surface area contributed by atoms with Crippen molar-refractivity contribution in [1.82, 2.24) is 0 Å². The molecule has 0 radical (unpaired) electrons. The molecule has 2 heteroatoms. The maximum absolute atomic E-state index is 6.25. The molecule has 4 rings (SSSR count). The van der Waals surface area contributed by atoms with Crippen LogP contribution in [0.2, 0.25) is 0 Å². The van der Waals surface area contributed by atoms with E-state index in [9.17, 15) is 0 Å². The third-order valence-corrected chi connectivity index (χ3v) is 11.3. The van der Waals surface area contributed by atoms with Gasteiger partial charge in [0.05, 0.1) is 0 Å². The summed E-state index contributed by atoms with van der Waals surface area (Å²) in [7, 11) is 0. The maximum atomic E-state index is 6.25. The van der Waals surface area contributed by atoms with Gasteiger partial charge >= 0.3 is 0 Å². The first kappa shape index (κ1) is 42.2. The Morgan fingerprint density at radius 1 is 0.302 bits per heavy atom. The number of aryl methyl sites for hydroxylation is 4. The number of anilines is 2. The normalized spacial score (nSPS) is 11.4. The van der Waals surface area contributed by atoms with Crippen molar-refractivity contribution in [2.24, 2.45) is 0 Å². The SMILES string of the molecule is CCCCCc1cc(Cc2ccc(CCCCCCCCCCCCCCCc3ccc(Cc4ccc(N)c(CCCCC)c4)cc3)cc2)ccc1N. The number of hydrogen-bond acceptors (Lipinski definition) is 2. The molecule has 53 heavy (non-hydrogen) atoms. The fourth-order valence-electron chi connectivity index (χ4n) is 7.82. The Morgan fingerprint density at radius 2 is 0.585 bits per heavy atom. The van der Waals surface area contributed by atoms with Crippen LogP contribution in [0.1, 0.15) is 180 Å². The molecule has 0 saturated heterocycles. The molecule has 4 N–H and O–H groups in total. The summed E-state index contributed by atoms with van der Waals surface area (Å²) in [5.41, 5.74) is 25.5. The number of unbranched alkanes of at least 4 members (excludes halogenated alkanes) is 16. The summed E-state index contributed by atoms with van der Waals surface area (Å²) in [5.74, 6) is 0. The minimum atomic E-state index is 0.948. The van der Waals surface area contributed by atoms with Crippen LogP contribution in [0.4, 0.5) is 11.4 Å². The lowest BCUT2D eigenvalue weighted by Crippen LogP contribution is -1.98. The van der Waals surface area contributed by atoms with Crippen molar-refractivity contribution in [2.75, 3.05) is 11.5 Å². The highest BCUT2D eigenvalue weighted by Crippen LogP contribution is 2.22. The van der Waals surface area contributed by atoms with Crippen molar-refractivity contribution in [3.8, 4) is 0 Å². The summed E-state index contributed by atoms with van der Waals surface area (Å²) >= 11 is 0. The third-order valence-electron chi connectivity index (χ3n) is 11.3. The van der Waals surface area contributed by atoms with E-state index < -0.39 is 0 Å².